The average molecular weight is 390 g/mol. The summed E-state index contributed by atoms with van der Waals surface area (Å²) < 4.78 is 5.65. The first-order chi connectivity index (χ1) is 12.8. The fraction of sp³-hybridized carbons (Fsp3) is 0.350. The minimum atomic E-state index is -1.63. The van der Waals surface area contributed by atoms with Crippen LogP contribution in [0.4, 0.5) is 0 Å². The van der Waals surface area contributed by atoms with Gasteiger partial charge in [-0.05, 0) is 37.5 Å². The van der Waals surface area contributed by atoms with E-state index in [0.29, 0.717) is 46.7 Å². The van der Waals surface area contributed by atoms with E-state index in [4.69, 9.17) is 16.0 Å². The van der Waals surface area contributed by atoms with Crippen LogP contribution in [0.3, 0.4) is 0 Å². The molecular formula is C20H20ClNO5. The summed E-state index contributed by atoms with van der Waals surface area (Å²) in [6.07, 6.45) is 1.81. The van der Waals surface area contributed by atoms with E-state index in [2.05, 4.69) is 5.32 Å². The number of carbonyl (C=O) groups is 3. The molecule has 6 nitrogen and oxygen atoms in total. The maximum atomic E-state index is 12.9. The third-order valence-electron chi connectivity index (χ3n) is 5.07. The second-order valence-electron chi connectivity index (χ2n) is 6.66. The van der Waals surface area contributed by atoms with Crippen molar-refractivity contribution in [3.8, 4) is 0 Å². The van der Waals surface area contributed by atoms with Crippen molar-refractivity contribution < 1.29 is 23.9 Å². The Morgan fingerprint density at radius 2 is 1.93 bits per heavy atom. The Bertz CT molecular complexity index is 915. The molecule has 0 aliphatic heterocycles. The van der Waals surface area contributed by atoms with Crippen molar-refractivity contribution in [1.29, 1.82) is 0 Å². The molecule has 1 aromatic carbocycles. The smallest absolute Gasteiger partial charge is 0.334 e. The van der Waals surface area contributed by atoms with Crippen LogP contribution in [0.2, 0.25) is 5.02 Å². The molecular weight excluding hydrogens is 370 g/mol. The van der Waals surface area contributed by atoms with E-state index < -0.39 is 17.4 Å². The minimum absolute atomic E-state index is 0.0108. The van der Waals surface area contributed by atoms with Crippen molar-refractivity contribution in [2.24, 2.45) is 0 Å². The number of furan rings is 1. The molecule has 2 aromatic rings. The van der Waals surface area contributed by atoms with Gasteiger partial charge in [-0.1, -0.05) is 30.7 Å². The quantitative estimate of drug-likeness (QED) is 0.808. The van der Waals surface area contributed by atoms with Gasteiger partial charge in [-0.2, -0.15) is 0 Å². The molecule has 0 saturated carbocycles. The van der Waals surface area contributed by atoms with E-state index in [1.807, 2.05) is 0 Å². The van der Waals surface area contributed by atoms with Crippen LogP contribution >= 0.6 is 11.6 Å². The Morgan fingerprint density at radius 1 is 1.26 bits per heavy atom. The van der Waals surface area contributed by atoms with Crippen LogP contribution < -0.4 is 5.32 Å². The molecule has 1 amide bonds. The molecule has 142 valence electrons. The fourth-order valence-corrected chi connectivity index (χ4v) is 3.67. The van der Waals surface area contributed by atoms with Crippen LogP contribution in [0, 0.1) is 6.92 Å². The van der Waals surface area contributed by atoms with Gasteiger partial charge >= 0.3 is 5.97 Å². The molecule has 0 radical (unpaired) electrons. The highest BCUT2D eigenvalue weighted by atomic mass is 35.5. The standard InChI is InChI=1S/C20H20ClNO5/c1-3-20(19(25)26,12-7-9-13(21)10-8-12)22-18(24)17-11(2)16-14(23)5-4-6-15(16)27-17/h7-10H,3-6H2,1-2H3,(H,22,24)(H,25,26). The summed E-state index contributed by atoms with van der Waals surface area (Å²) in [4.78, 5) is 37.2. The Balaban J connectivity index is 2.00. The number of aryl methyl sites for hydroxylation is 1. The first-order valence-corrected chi connectivity index (χ1v) is 9.15. The maximum Gasteiger partial charge on any atom is 0.334 e. The Morgan fingerprint density at radius 3 is 2.48 bits per heavy atom. The number of carboxylic acid groups (broad SMARTS) is 1. The second-order valence-corrected chi connectivity index (χ2v) is 7.09. The summed E-state index contributed by atoms with van der Waals surface area (Å²) in [5, 5.41) is 13.0. The number of carboxylic acids is 1. The van der Waals surface area contributed by atoms with Crippen LogP contribution in [0.5, 0.6) is 0 Å². The molecule has 7 heteroatoms. The van der Waals surface area contributed by atoms with Gasteiger partial charge in [0.25, 0.3) is 5.91 Å². The van der Waals surface area contributed by atoms with Crippen LogP contribution in [0.25, 0.3) is 0 Å². The van der Waals surface area contributed by atoms with E-state index in [-0.39, 0.29) is 18.0 Å². The molecule has 1 aliphatic carbocycles. The molecule has 1 atom stereocenters. The summed E-state index contributed by atoms with van der Waals surface area (Å²) in [7, 11) is 0. The highest BCUT2D eigenvalue weighted by Crippen LogP contribution is 2.31. The van der Waals surface area contributed by atoms with Gasteiger partial charge in [0.2, 0.25) is 0 Å². The highest BCUT2D eigenvalue weighted by Gasteiger charge is 2.42. The number of fused-ring (bicyclic) bond motifs is 1. The number of ketones is 1. The predicted octanol–water partition coefficient (Wildman–Crippen LogP) is 3.88. The molecule has 1 heterocycles. The number of hydrogen-bond donors (Lipinski definition) is 2. The molecule has 0 fully saturated rings. The van der Waals surface area contributed by atoms with Gasteiger partial charge in [-0.25, -0.2) is 4.79 Å². The lowest BCUT2D eigenvalue weighted by atomic mass is 9.87. The number of rotatable bonds is 5. The first kappa shape index (κ1) is 19.2. The third-order valence-corrected chi connectivity index (χ3v) is 5.32. The van der Waals surface area contributed by atoms with E-state index in [1.54, 1.807) is 38.1 Å². The largest absolute Gasteiger partial charge is 0.479 e. The zero-order valence-corrected chi connectivity index (χ0v) is 15.9. The molecule has 1 unspecified atom stereocenters. The molecule has 0 bridgehead atoms. The molecule has 2 N–H and O–H groups in total. The van der Waals surface area contributed by atoms with E-state index in [9.17, 15) is 19.5 Å². The Labute approximate surface area is 161 Å². The normalized spacial score (nSPS) is 15.7. The van der Waals surface area contributed by atoms with Crippen molar-refractivity contribution >= 4 is 29.3 Å². The summed E-state index contributed by atoms with van der Waals surface area (Å²) in [5.41, 5.74) is -0.319. The Hall–Kier alpha value is -2.60. The van der Waals surface area contributed by atoms with Crippen molar-refractivity contribution in [2.75, 3.05) is 0 Å². The number of Topliss-reactive ketones (excluding diaryl/α,β-unsaturated/α-hetero) is 1. The number of aliphatic carboxylic acids is 1. The van der Waals surface area contributed by atoms with Gasteiger partial charge in [0.05, 0.1) is 5.56 Å². The number of amides is 1. The van der Waals surface area contributed by atoms with Crippen molar-refractivity contribution in [3.63, 3.8) is 0 Å². The first-order valence-electron chi connectivity index (χ1n) is 8.77. The van der Waals surface area contributed by atoms with Crippen molar-refractivity contribution in [3.05, 3.63) is 57.5 Å². The average Bonchev–Trinajstić information content (AvgIpc) is 2.98. The monoisotopic (exact) mass is 389 g/mol. The van der Waals surface area contributed by atoms with Crippen LogP contribution in [-0.2, 0) is 16.8 Å². The SMILES string of the molecule is CCC(NC(=O)c1oc2c(c1C)C(=O)CCC2)(C(=O)O)c1ccc(Cl)cc1. The lowest BCUT2D eigenvalue weighted by molar-refractivity contribution is -0.145. The number of benzene rings is 1. The maximum absolute atomic E-state index is 12.9. The minimum Gasteiger partial charge on any atom is -0.479 e. The van der Waals surface area contributed by atoms with Crippen LogP contribution in [0.1, 0.15) is 64.0 Å². The van der Waals surface area contributed by atoms with E-state index in [0.717, 1.165) is 0 Å². The summed E-state index contributed by atoms with van der Waals surface area (Å²) >= 11 is 5.90. The summed E-state index contributed by atoms with van der Waals surface area (Å²) in [5.74, 6) is -1.41. The Kier molecular flexibility index (Phi) is 5.11. The van der Waals surface area contributed by atoms with Crippen molar-refractivity contribution in [2.45, 2.75) is 45.1 Å². The second kappa shape index (κ2) is 7.19. The molecule has 1 aromatic heterocycles. The number of halogens is 1. The van der Waals surface area contributed by atoms with Gasteiger partial charge in [-0.15, -0.1) is 0 Å². The fourth-order valence-electron chi connectivity index (χ4n) is 3.54. The molecule has 27 heavy (non-hydrogen) atoms. The molecule has 0 spiro atoms. The van der Waals surface area contributed by atoms with Gasteiger partial charge in [0.15, 0.2) is 17.1 Å². The summed E-state index contributed by atoms with van der Waals surface area (Å²) in [6.45, 7) is 3.32. The lowest BCUT2D eigenvalue weighted by Gasteiger charge is -2.29. The number of nitrogens with one attached hydrogen (secondary N) is 1. The summed E-state index contributed by atoms with van der Waals surface area (Å²) in [6, 6.07) is 6.30. The van der Waals surface area contributed by atoms with E-state index >= 15 is 0 Å². The predicted molar refractivity (Wildman–Crippen MR) is 99.2 cm³/mol. The number of hydrogen-bond acceptors (Lipinski definition) is 4. The number of carbonyl (C=O) groups excluding carboxylic acids is 2. The van der Waals surface area contributed by atoms with Crippen LogP contribution in [0.15, 0.2) is 28.7 Å². The lowest BCUT2D eigenvalue weighted by Crippen LogP contribution is -2.51. The molecule has 0 saturated heterocycles. The molecule has 3 rings (SSSR count). The highest BCUT2D eigenvalue weighted by molar-refractivity contribution is 6.30. The zero-order chi connectivity index (χ0) is 19.8. The van der Waals surface area contributed by atoms with Gasteiger partial charge < -0.3 is 14.8 Å². The van der Waals surface area contributed by atoms with Gasteiger partial charge in [-0.3, -0.25) is 9.59 Å². The van der Waals surface area contributed by atoms with E-state index in [1.165, 1.54) is 0 Å². The third kappa shape index (κ3) is 3.25. The van der Waals surface area contributed by atoms with Gasteiger partial charge in [0, 0.05) is 23.4 Å². The zero-order valence-electron chi connectivity index (χ0n) is 15.1. The van der Waals surface area contributed by atoms with Crippen LogP contribution in [-0.4, -0.2) is 22.8 Å². The molecule has 1 aliphatic rings. The van der Waals surface area contributed by atoms with Crippen molar-refractivity contribution in [1.82, 2.24) is 5.32 Å². The van der Waals surface area contributed by atoms with Gasteiger partial charge in [0.1, 0.15) is 5.76 Å². The topological polar surface area (TPSA) is 96.6 Å².